The summed E-state index contributed by atoms with van der Waals surface area (Å²) in [4.78, 5) is 0. The maximum Gasteiger partial charge on any atom is 0.394 e. The Labute approximate surface area is 52.4 Å². The van der Waals surface area contributed by atoms with E-state index in [1.54, 1.807) is 6.92 Å². The summed E-state index contributed by atoms with van der Waals surface area (Å²) in [5.74, 6) is 0. The van der Waals surface area contributed by atoms with Gasteiger partial charge in [0.2, 0.25) is 0 Å². The Morgan fingerprint density at radius 1 is 1.44 bits per heavy atom. The van der Waals surface area contributed by atoms with Crippen LogP contribution in [0.3, 0.4) is 0 Å². The number of hydrogen-bond acceptors (Lipinski definition) is 4. The Hall–Kier alpha value is -0.660. The van der Waals surface area contributed by atoms with Gasteiger partial charge in [-0.15, -0.1) is 5.16 Å². The lowest BCUT2D eigenvalue weighted by molar-refractivity contribution is 0.321. The number of hydrogen-bond donors (Lipinski definition) is 3. The highest BCUT2D eigenvalue weighted by molar-refractivity contribution is 7.79. The molecule has 0 spiro atoms. The van der Waals surface area contributed by atoms with Crippen molar-refractivity contribution in [1.82, 2.24) is 0 Å². The van der Waals surface area contributed by atoms with Gasteiger partial charge in [-0.1, -0.05) is 0 Å². The zero-order chi connectivity index (χ0) is 7.91. The van der Waals surface area contributed by atoms with Crippen LogP contribution >= 0.6 is 0 Å². The first kappa shape index (κ1) is 11.2. The van der Waals surface area contributed by atoms with Crippen LogP contribution < -0.4 is 0 Å². The fraction of sp³-hybridized carbons (Fsp3) is 0.500. The van der Waals surface area contributed by atoms with Crippen LogP contribution in [0.1, 0.15) is 6.92 Å². The summed E-state index contributed by atoms with van der Waals surface area (Å²) in [5, 5.41) is 10.1. The SMILES string of the molecule is C/C=N/O.O=S(=O)(O)O. The van der Waals surface area contributed by atoms with Gasteiger partial charge >= 0.3 is 10.4 Å². The second kappa shape index (κ2) is 5.48. The van der Waals surface area contributed by atoms with Crippen molar-refractivity contribution in [3.05, 3.63) is 0 Å². The highest BCUT2D eigenvalue weighted by atomic mass is 32.3. The van der Waals surface area contributed by atoms with Crippen molar-refractivity contribution in [2.45, 2.75) is 6.92 Å². The average Bonchev–Trinajstić information content (AvgIpc) is 1.61. The van der Waals surface area contributed by atoms with Crippen molar-refractivity contribution in [2.75, 3.05) is 0 Å². The predicted molar refractivity (Wildman–Crippen MR) is 30.1 cm³/mol. The molecule has 0 aromatic heterocycles. The van der Waals surface area contributed by atoms with E-state index in [4.69, 9.17) is 22.7 Å². The molecule has 0 heterocycles. The molecule has 9 heavy (non-hydrogen) atoms. The van der Waals surface area contributed by atoms with Crippen molar-refractivity contribution in [3.8, 4) is 0 Å². The minimum Gasteiger partial charge on any atom is -0.411 e. The Bertz CT molecular complexity index is 146. The Morgan fingerprint density at radius 2 is 1.56 bits per heavy atom. The van der Waals surface area contributed by atoms with E-state index >= 15 is 0 Å². The van der Waals surface area contributed by atoms with E-state index in [9.17, 15) is 0 Å². The molecular formula is C2H7NO5S. The molecule has 0 aromatic carbocycles. The Morgan fingerprint density at radius 3 is 1.56 bits per heavy atom. The summed E-state index contributed by atoms with van der Waals surface area (Å²) in [6, 6.07) is 0. The van der Waals surface area contributed by atoms with Gasteiger partial charge in [0.25, 0.3) is 0 Å². The van der Waals surface area contributed by atoms with E-state index in [1.807, 2.05) is 0 Å². The van der Waals surface area contributed by atoms with E-state index in [0.29, 0.717) is 0 Å². The third kappa shape index (κ3) is 1810. The Balaban J connectivity index is 0. The van der Waals surface area contributed by atoms with Gasteiger partial charge in [-0.05, 0) is 6.92 Å². The van der Waals surface area contributed by atoms with Crippen LogP contribution in [0.25, 0.3) is 0 Å². The maximum absolute atomic E-state index is 8.74. The predicted octanol–water partition coefficient (Wildman–Crippen LogP) is -0.186. The second-order valence-electron chi connectivity index (χ2n) is 0.822. The molecule has 0 amide bonds. The quantitative estimate of drug-likeness (QED) is 0.195. The first-order valence-electron chi connectivity index (χ1n) is 1.73. The first-order chi connectivity index (χ1) is 3.91. The lowest BCUT2D eigenvalue weighted by atomic mass is 10.9. The van der Waals surface area contributed by atoms with Crippen LogP contribution in [0.15, 0.2) is 5.16 Å². The third-order valence-corrected chi connectivity index (χ3v) is 0.115. The van der Waals surface area contributed by atoms with Crippen molar-refractivity contribution < 1.29 is 22.7 Å². The van der Waals surface area contributed by atoms with E-state index in [-0.39, 0.29) is 0 Å². The fourth-order valence-corrected chi connectivity index (χ4v) is 0. The zero-order valence-electron chi connectivity index (χ0n) is 4.59. The smallest absolute Gasteiger partial charge is 0.394 e. The summed E-state index contributed by atoms with van der Waals surface area (Å²) in [5.41, 5.74) is 0. The van der Waals surface area contributed by atoms with Crippen LogP contribution in [0.5, 0.6) is 0 Å². The molecule has 0 unspecified atom stereocenters. The van der Waals surface area contributed by atoms with Crippen LogP contribution in [-0.4, -0.2) is 28.9 Å². The van der Waals surface area contributed by atoms with Gasteiger partial charge in [-0.2, -0.15) is 8.42 Å². The molecule has 0 aliphatic heterocycles. The lowest BCUT2D eigenvalue weighted by Gasteiger charge is -1.68. The van der Waals surface area contributed by atoms with Gasteiger partial charge in [0.05, 0.1) is 0 Å². The minimum atomic E-state index is -4.67. The molecular weight excluding hydrogens is 150 g/mol. The number of rotatable bonds is 0. The van der Waals surface area contributed by atoms with Crippen molar-refractivity contribution >= 4 is 16.6 Å². The lowest BCUT2D eigenvalue weighted by Crippen LogP contribution is -1.89. The molecule has 56 valence electrons. The van der Waals surface area contributed by atoms with E-state index in [2.05, 4.69) is 5.16 Å². The number of nitrogens with zero attached hydrogens (tertiary/aromatic N) is 1. The van der Waals surface area contributed by atoms with Gasteiger partial charge in [0, 0.05) is 6.21 Å². The molecule has 0 fully saturated rings. The minimum absolute atomic E-state index is 1.31. The molecule has 0 radical (unpaired) electrons. The molecule has 0 aliphatic carbocycles. The standard InChI is InChI=1S/C2H5NO.H2O4S/c1-2-3-4;1-5(2,3)4/h2,4H,1H3;(H2,1,2,3,4)/b3-2+;. The molecule has 0 bridgehead atoms. The second-order valence-corrected chi connectivity index (χ2v) is 1.72. The van der Waals surface area contributed by atoms with Gasteiger partial charge < -0.3 is 5.21 Å². The fourth-order valence-electron chi connectivity index (χ4n) is 0. The first-order valence-corrected chi connectivity index (χ1v) is 3.13. The van der Waals surface area contributed by atoms with E-state index in [0.717, 1.165) is 0 Å². The van der Waals surface area contributed by atoms with Crippen LogP contribution in [-0.2, 0) is 10.4 Å². The monoisotopic (exact) mass is 157 g/mol. The zero-order valence-corrected chi connectivity index (χ0v) is 5.41. The summed E-state index contributed by atoms with van der Waals surface area (Å²) in [6.07, 6.45) is 1.31. The largest absolute Gasteiger partial charge is 0.411 e. The molecule has 0 saturated carbocycles. The van der Waals surface area contributed by atoms with E-state index < -0.39 is 10.4 Å². The van der Waals surface area contributed by atoms with Gasteiger partial charge in [-0.25, -0.2) is 0 Å². The highest BCUT2D eigenvalue weighted by Crippen LogP contribution is 1.59. The molecule has 0 rings (SSSR count). The van der Waals surface area contributed by atoms with Crippen molar-refractivity contribution in [3.63, 3.8) is 0 Å². The molecule has 0 atom stereocenters. The van der Waals surface area contributed by atoms with Crippen LogP contribution in [0.2, 0.25) is 0 Å². The molecule has 0 aromatic rings. The van der Waals surface area contributed by atoms with Crippen molar-refractivity contribution in [1.29, 1.82) is 0 Å². The topological polar surface area (TPSA) is 107 Å². The van der Waals surface area contributed by atoms with Gasteiger partial charge in [-0.3, -0.25) is 9.11 Å². The highest BCUT2D eigenvalue weighted by Gasteiger charge is 1.84. The molecule has 0 aliphatic rings. The van der Waals surface area contributed by atoms with Crippen LogP contribution in [0.4, 0.5) is 0 Å². The van der Waals surface area contributed by atoms with Crippen LogP contribution in [0, 0.1) is 0 Å². The molecule has 3 N–H and O–H groups in total. The van der Waals surface area contributed by atoms with E-state index in [1.165, 1.54) is 6.21 Å². The summed E-state index contributed by atoms with van der Waals surface area (Å²) in [6.45, 7) is 1.64. The third-order valence-electron chi connectivity index (χ3n) is 0.115. The molecule has 6 nitrogen and oxygen atoms in total. The summed E-state index contributed by atoms with van der Waals surface area (Å²) < 4.78 is 31.6. The summed E-state index contributed by atoms with van der Waals surface area (Å²) >= 11 is 0. The number of oxime groups is 1. The van der Waals surface area contributed by atoms with Crippen molar-refractivity contribution in [2.24, 2.45) is 5.16 Å². The van der Waals surface area contributed by atoms with Gasteiger partial charge in [0.15, 0.2) is 0 Å². The summed E-state index contributed by atoms with van der Waals surface area (Å²) in [7, 11) is -4.67. The maximum atomic E-state index is 8.74. The molecule has 7 heteroatoms. The average molecular weight is 157 g/mol. The van der Waals surface area contributed by atoms with Gasteiger partial charge in [0.1, 0.15) is 0 Å². The Kier molecular flexibility index (Phi) is 6.80. The molecule has 0 saturated heterocycles. The normalized spacial score (nSPS) is 10.6.